The normalized spacial score (nSPS) is 23.2. The van der Waals surface area contributed by atoms with Gasteiger partial charge in [-0.25, -0.2) is 4.79 Å². The summed E-state index contributed by atoms with van der Waals surface area (Å²) < 4.78 is 0. The number of piperidine rings is 1. The van der Waals surface area contributed by atoms with Crippen LogP contribution in [0.5, 0.6) is 0 Å². The Bertz CT molecular complexity index is 258. The molecule has 2 amide bonds. The zero-order chi connectivity index (χ0) is 11.8. The molecule has 3 heteroatoms. The van der Waals surface area contributed by atoms with Gasteiger partial charge >= 0.3 is 6.03 Å². The van der Waals surface area contributed by atoms with Crippen LogP contribution in [0.15, 0.2) is 0 Å². The van der Waals surface area contributed by atoms with E-state index >= 15 is 0 Å². The molecule has 0 aromatic heterocycles. The summed E-state index contributed by atoms with van der Waals surface area (Å²) >= 11 is 0. The van der Waals surface area contributed by atoms with Gasteiger partial charge in [0, 0.05) is 26.2 Å². The van der Waals surface area contributed by atoms with Crippen LogP contribution in [-0.2, 0) is 0 Å². The van der Waals surface area contributed by atoms with Crippen molar-refractivity contribution in [2.75, 3.05) is 26.2 Å². The van der Waals surface area contributed by atoms with Crippen molar-refractivity contribution < 1.29 is 4.79 Å². The number of carbonyl (C=O) groups is 1. The summed E-state index contributed by atoms with van der Waals surface area (Å²) in [6.07, 6.45) is 3.65. The van der Waals surface area contributed by atoms with Gasteiger partial charge in [0.1, 0.15) is 0 Å². The van der Waals surface area contributed by atoms with Crippen LogP contribution >= 0.6 is 0 Å². The van der Waals surface area contributed by atoms with E-state index in [0.717, 1.165) is 26.2 Å². The molecule has 0 atom stereocenters. The number of nitrogens with zero attached hydrogens (tertiary/aromatic N) is 2. The molecular weight excluding hydrogens is 200 g/mol. The van der Waals surface area contributed by atoms with E-state index in [9.17, 15) is 4.79 Å². The van der Waals surface area contributed by atoms with Gasteiger partial charge in [-0.3, -0.25) is 0 Å². The maximum atomic E-state index is 12.1. The molecule has 16 heavy (non-hydrogen) atoms. The number of urea groups is 1. The molecule has 0 aromatic carbocycles. The first-order valence-electron chi connectivity index (χ1n) is 6.52. The van der Waals surface area contributed by atoms with Crippen molar-refractivity contribution >= 4 is 6.03 Å². The number of likely N-dealkylation sites (tertiary alicyclic amines) is 2. The zero-order valence-corrected chi connectivity index (χ0v) is 10.8. The molecule has 92 valence electrons. The maximum absolute atomic E-state index is 12.1. The average Bonchev–Trinajstić information content (AvgIpc) is 2.14. The molecule has 2 saturated heterocycles. The monoisotopic (exact) mass is 224 g/mol. The molecule has 2 heterocycles. The SMILES string of the molecule is CC(C)(C)C1CN(C(=O)N2CCCCC2)C1. The Morgan fingerprint density at radius 2 is 1.56 bits per heavy atom. The molecule has 2 rings (SSSR count). The lowest BCUT2D eigenvalue weighted by Gasteiger charge is -2.48. The minimum Gasteiger partial charge on any atom is -0.325 e. The number of hydrogen-bond donors (Lipinski definition) is 0. The van der Waals surface area contributed by atoms with Gasteiger partial charge in [-0.2, -0.15) is 0 Å². The van der Waals surface area contributed by atoms with Crippen LogP contribution in [0.4, 0.5) is 4.79 Å². The minimum atomic E-state index is 0.278. The molecule has 2 aliphatic heterocycles. The van der Waals surface area contributed by atoms with Crippen LogP contribution < -0.4 is 0 Å². The third kappa shape index (κ3) is 2.33. The van der Waals surface area contributed by atoms with Crippen molar-refractivity contribution in [1.82, 2.24) is 9.80 Å². The van der Waals surface area contributed by atoms with Gasteiger partial charge in [-0.15, -0.1) is 0 Å². The fourth-order valence-corrected chi connectivity index (χ4v) is 2.47. The van der Waals surface area contributed by atoms with Crippen molar-refractivity contribution in [3.63, 3.8) is 0 Å². The highest BCUT2D eigenvalue weighted by Gasteiger charge is 2.39. The third-order valence-corrected chi connectivity index (χ3v) is 4.00. The Kier molecular flexibility index (Phi) is 3.13. The van der Waals surface area contributed by atoms with Crippen LogP contribution in [0.25, 0.3) is 0 Å². The first-order chi connectivity index (χ1) is 7.48. The summed E-state index contributed by atoms with van der Waals surface area (Å²) in [4.78, 5) is 16.1. The van der Waals surface area contributed by atoms with E-state index in [1.165, 1.54) is 19.3 Å². The molecule has 0 aliphatic carbocycles. The summed E-state index contributed by atoms with van der Waals surface area (Å²) in [6, 6.07) is 0.278. The van der Waals surface area contributed by atoms with Crippen molar-refractivity contribution in [2.45, 2.75) is 40.0 Å². The second kappa shape index (κ2) is 4.27. The number of hydrogen-bond acceptors (Lipinski definition) is 1. The van der Waals surface area contributed by atoms with E-state index in [-0.39, 0.29) is 6.03 Å². The van der Waals surface area contributed by atoms with Gasteiger partial charge in [0.2, 0.25) is 0 Å². The van der Waals surface area contributed by atoms with E-state index < -0.39 is 0 Å². The standard InChI is InChI=1S/C13H24N2O/c1-13(2,3)11-9-15(10-11)12(16)14-7-5-4-6-8-14/h11H,4-10H2,1-3H3. The molecule has 0 saturated carbocycles. The van der Waals surface area contributed by atoms with E-state index in [0.29, 0.717) is 11.3 Å². The summed E-state index contributed by atoms with van der Waals surface area (Å²) in [5, 5.41) is 0. The van der Waals surface area contributed by atoms with E-state index in [4.69, 9.17) is 0 Å². The van der Waals surface area contributed by atoms with Crippen LogP contribution in [-0.4, -0.2) is 42.0 Å². The second-order valence-corrected chi connectivity index (χ2v) is 6.30. The predicted octanol–water partition coefficient (Wildman–Crippen LogP) is 2.57. The van der Waals surface area contributed by atoms with Crippen LogP contribution in [0.2, 0.25) is 0 Å². The van der Waals surface area contributed by atoms with Gasteiger partial charge in [-0.1, -0.05) is 20.8 Å². The van der Waals surface area contributed by atoms with E-state index in [2.05, 4.69) is 20.8 Å². The predicted molar refractivity (Wildman–Crippen MR) is 65.3 cm³/mol. The largest absolute Gasteiger partial charge is 0.325 e. The van der Waals surface area contributed by atoms with Crippen molar-refractivity contribution in [2.24, 2.45) is 11.3 Å². The number of rotatable bonds is 0. The van der Waals surface area contributed by atoms with E-state index in [1.54, 1.807) is 0 Å². The quantitative estimate of drug-likeness (QED) is 0.620. The van der Waals surface area contributed by atoms with Crippen LogP contribution in [0, 0.1) is 11.3 Å². The molecule has 0 spiro atoms. The molecule has 0 radical (unpaired) electrons. The fourth-order valence-electron chi connectivity index (χ4n) is 2.47. The molecule has 0 N–H and O–H groups in total. The Morgan fingerprint density at radius 3 is 2.06 bits per heavy atom. The average molecular weight is 224 g/mol. The maximum Gasteiger partial charge on any atom is 0.320 e. The topological polar surface area (TPSA) is 23.6 Å². The molecule has 2 fully saturated rings. The smallest absolute Gasteiger partial charge is 0.320 e. The fraction of sp³-hybridized carbons (Fsp3) is 0.923. The Balaban J connectivity index is 1.80. The minimum absolute atomic E-state index is 0.278. The highest BCUT2D eigenvalue weighted by atomic mass is 16.2. The number of amides is 2. The molecular formula is C13H24N2O. The van der Waals surface area contributed by atoms with E-state index in [1.807, 2.05) is 9.80 Å². The van der Waals surface area contributed by atoms with Gasteiger partial charge < -0.3 is 9.80 Å². The van der Waals surface area contributed by atoms with Crippen molar-refractivity contribution in [3.05, 3.63) is 0 Å². The number of carbonyl (C=O) groups excluding carboxylic acids is 1. The van der Waals surface area contributed by atoms with Gasteiger partial charge in [0.15, 0.2) is 0 Å². The van der Waals surface area contributed by atoms with Gasteiger partial charge in [0.05, 0.1) is 0 Å². The van der Waals surface area contributed by atoms with Crippen molar-refractivity contribution in [3.8, 4) is 0 Å². The zero-order valence-electron chi connectivity index (χ0n) is 10.8. The third-order valence-electron chi connectivity index (χ3n) is 4.00. The second-order valence-electron chi connectivity index (χ2n) is 6.30. The lowest BCUT2D eigenvalue weighted by molar-refractivity contribution is 0.0339. The molecule has 2 aliphatic rings. The highest BCUT2D eigenvalue weighted by molar-refractivity contribution is 5.75. The summed E-state index contributed by atoms with van der Waals surface area (Å²) in [5.41, 5.74) is 0.346. The van der Waals surface area contributed by atoms with Crippen LogP contribution in [0.3, 0.4) is 0 Å². The van der Waals surface area contributed by atoms with Gasteiger partial charge in [-0.05, 0) is 30.6 Å². The van der Waals surface area contributed by atoms with Gasteiger partial charge in [0.25, 0.3) is 0 Å². The Labute approximate surface area is 98.8 Å². The lowest BCUT2D eigenvalue weighted by atomic mass is 9.76. The molecule has 0 bridgehead atoms. The molecule has 3 nitrogen and oxygen atoms in total. The summed E-state index contributed by atoms with van der Waals surface area (Å²) in [7, 11) is 0. The summed E-state index contributed by atoms with van der Waals surface area (Å²) in [5.74, 6) is 0.682. The summed E-state index contributed by atoms with van der Waals surface area (Å²) in [6.45, 7) is 10.6. The highest BCUT2D eigenvalue weighted by Crippen LogP contribution is 2.34. The molecule has 0 aromatic rings. The van der Waals surface area contributed by atoms with Crippen LogP contribution in [0.1, 0.15) is 40.0 Å². The molecule has 0 unspecified atom stereocenters. The first-order valence-corrected chi connectivity index (χ1v) is 6.52. The Morgan fingerprint density at radius 1 is 1.00 bits per heavy atom. The lowest BCUT2D eigenvalue weighted by Crippen LogP contribution is -2.58. The van der Waals surface area contributed by atoms with Crippen molar-refractivity contribution in [1.29, 1.82) is 0 Å². The first kappa shape index (κ1) is 11.7. The Hall–Kier alpha value is -0.730.